The molecule has 33 heavy (non-hydrogen) atoms. The van der Waals surface area contributed by atoms with E-state index in [9.17, 15) is 14.4 Å². The van der Waals surface area contributed by atoms with Gasteiger partial charge in [-0.3, -0.25) is 14.5 Å². The van der Waals surface area contributed by atoms with Gasteiger partial charge in [0.1, 0.15) is 12.1 Å². The average molecular weight is 454 g/mol. The van der Waals surface area contributed by atoms with E-state index in [0.29, 0.717) is 6.42 Å². The van der Waals surface area contributed by atoms with E-state index < -0.39 is 24.1 Å². The first-order valence-corrected chi connectivity index (χ1v) is 10.9. The Morgan fingerprint density at radius 3 is 2.82 bits per heavy atom. The number of aromatic nitrogens is 3. The van der Waals surface area contributed by atoms with E-state index in [2.05, 4.69) is 25.6 Å². The molecular weight excluding hydrogens is 426 g/mol. The van der Waals surface area contributed by atoms with Crippen LogP contribution in [0, 0.1) is 12.8 Å². The van der Waals surface area contributed by atoms with Crippen molar-refractivity contribution in [3.8, 4) is 0 Å². The number of urea groups is 1. The molecular formula is C22H27N7O4. The van der Waals surface area contributed by atoms with Gasteiger partial charge in [-0.2, -0.15) is 15.0 Å². The molecule has 1 aromatic heterocycles. The number of imide groups is 1. The number of rotatable bonds is 6. The Morgan fingerprint density at radius 2 is 2.06 bits per heavy atom. The summed E-state index contributed by atoms with van der Waals surface area (Å²) in [5.74, 6) is -0.783. The van der Waals surface area contributed by atoms with Crippen LogP contribution in [0.3, 0.4) is 0 Å². The van der Waals surface area contributed by atoms with Crippen molar-refractivity contribution >= 4 is 35.5 Å². The molecule has 2 fully saturated rings. The van der Waals surface area contributed by atoms with Crippen LogP contribution in [0.2, 0.25) is 0 Å². The van der Waals surface area contributed by atoms with E-state index in [1.54, 1.807) is 0 Å². The Morgan fingerprint density at radius 1 is 1.27 bits per heavy atom. The van der Waals surface area contributed by atoms with Crippen LogP contribution in [0.15, 0.2) is 24.3 Å². The minimum Gasteiger partial charge on any atom is -0.456 e. The minimum atomic E-state index is -0.922. The predicted molar refractivity (Wildman–Crippen MR) is 119 cm³/mol. The summed E-state index contributed by atoms with van der Waals surface area (Å²) >= 11 is 0. The van der Waals surface area contributed by atoms with Crippen LogP contribution in [0.1, 0.15) is 44.0 Å². The topological polar surface area (TPSA) is 152 Å². The van der Waals surface area contributed by atoms with E-state index in [1.165, 1.54) is 0 Å². The molecule has 11 heteroatoms. The van der Waals surface area contributed by atoms with Crippen LogP contribution in [-0.4, -0.2) is 49.8 Å². The maximum atomic E-state index is 13.0. The van der Waals surface area contributed by atoms with Crippen molar-refractivity contribution in [2.75, 3.05) is 17.6 Å². The van der Waals surface area contributed by atoms with Crippen molar-refractivity contribution in [3.63, 3.8) is 0 Å². The van der Waals surface area contributed by atoms with Crippen LogP contribution < -0.4 is 16.4 Å². The number of aryl methyl sites for hydroxylation is 1. The number of ether oxygens (including phenoxy) is 1. The SMILES string of the molecule is Cc1ccccc1Nc1nc(N)nc(COC(=O)CN2C(=O)NC3(CCCCC3C)C2=O)n1. The number of para-hydroxylation sites is 1. The predicted octanol–water partition coefficient (Wildman–Crippen LogP) is 2.05. The van der Waals surface area contributed by atoms with Gasteiger partial charge in [0.15, 0.2) is 12.4 Å². The third kappa shape index (κ3) is 4.57. The van der Waals surface area contributed by atoms with E-state index in [4.69, 9.17) is 10.5 Å². The molecule has 1 aromatic carbocycles. The summed E-state index contributed by atoms with van der Waals surface area (Å²) in [5, 5.41) is 5.87. The lowest BCUT2D eigenvalue weighted by Gasteiger charge is -2.36. The zero-order valence-electron chi connectivity index (χ0n) is 18.6. The van der Waals surface area contributed by atoms with Crippen LogP contribution in [0.5, 0.6) is 0 Å². The lowest BCUT2D eigenvalue weighted by Crippen LogP contribution is -2.54. The number of nitrogens with two attached hydrogens (primary N) is 1. The number of nitrogens with one attached hydrogen (secondary N) is 2. The number of esters is 1. The quantitative estimate of drug-likeness (QED) is 0.440. The minimum absolute atomic E-state index is 0.0103. The summed E-state index contributed by atoms with van der Waals surface area (Å²) in [6.45, 7) is 3.13. The van der Waals surface area contributed by atoms with Gasteiger partial charge in [-0.15, -0.1) is 0 Å². The number of hydrogen-bond donors (Lipinski definition) is 3. The van der Waals surface area contributed by atoms with Gasteiger partial charge in [0.25, 0.3) is 5.91 Å². The molecule has 11 nitrogen and oxygen atoms in total. The van der Waals surface area contributed by atoms with Gasteiger partial charge >= 0.3 is 12.0 Å². The standard InChI is InChI=1S/C22H27N7O4/c1-13-7-3-4-9-15(13)24-20-26-16(25-19(23)27-20)12-33-17(30)11-29-18(31)22(28-21(29)32)10-6-5-8-14(22)2/h3-4,7,9,14H,5-6,8,10-12H2,1-2H3,(H,28,32)(H3,23,24,25,26,27). The highest BCUT2D eigenvalue weighted by atomic mass is 16.5. The zero-order chi connectivity index (χ0) is 23.6. The molecule has 1 aliphatic heterocycles. The molecule has 2 aromatic rings. The lowest BCUT2D eigenvalue weighted by atomic mass is 9.73. The molecule has 1 saturated heterocycles. The smallest absolute Gasteiger partial charge is 0.326 e. The fourth-order valence-electron chi connectivity index (χ4n) is 4.35. The molecule has 1 aliphatic carbocycles. The van der Waals surface area contributed by atoms with Crippen molar-refractivity contribution in [1.29, 1.82) is 0 Å². The van der Waals surface area contributed by atoms with Gasteiger partial charge < -0.3 is 21.1 Å². The number of nitrogen functional groups attached to an aromatic ring is 1. The van der Waals surface area contributed by atoms with E-state index in [1.807, 2.05) is 38.1 Å². The second-order valence-corrected chi connectivity index (χ2v) is 8.47. The van der Waals surface area contributed by atoms with E-state index >= 15 is 0 Å². The van der Waals surface area contributed by atoms with E-state index in [-0.39, 0.29) is 36.2 Å². The first kappa shape index (κ1) is 22.4. The first-order valence-electron chi connectivity index (χ1n) is 10.9. The van der Waals surface area contributed by atoms with Crippen LogP contribution in [0.4, 0.5) is 22.4 Å². The summed E-state index contributed by atoms with van der Waals surface area (Å²) in [4.78, 5) is 51.0. The third-order valence-corrected chi connectivity index (χ3v) is 6.24. The molecule has 2 atom stereocenters. The molecule has 1 spiro atoms. The number of anilines is 3. The van der Waals surface area contributed by atoms with Gasteiger partial charge in [0.2, 0.25) is 11.9 Å². The Kier molecular flexibility index (Phi) is 6.12. The lowest BCUT2D eigenvalue weighted by molar-refractivity contribution is -0.149. The summed E-state index contributed by atoms with van der Waals surface area (Å²) in [6, 6.07) is 7.02. The second-order valence-electron chi connectivity index (χ2n) is 8.47. The van der Waals surface area contributed by atoms with Crippen LogP contribution in [-0.2, 0) is 20.9 Å². The van der Waals surface area contributed by atoms with Crippen molar-refractivity contribution in [3.05, 3.63) is 35.7 Å². The van der Waals surface area contributed by atoms with Crippen LogP contribution in [0.25, 0.3) is 0 Å². The number of benzene rings is 1. The number of amides is 3. The molecule has 2 unspecified atom stereocenters. The Labute approximate surface area is 191 Å². The summed E-state index contributed by atoms with van der Waals surface area (Å²) < 4.78 is 5.22. The van der Waals surface area contributed by atoms with Crippen LogP contribution >= 0.6 is 0 Å². The summed E-state index contributed by atoms with van der Waals surface area (Å²) in [7, 11) is 0. The Bertz CT molecular complexity index is 1090. The molecule has 2 aliphatic rings. The van der Waals surface area contributed by atoms with Gasteiger partial charge in [-0.25, -0.2) is 4.79 Å². The highest BCUT2D eigenvalue weighted by molar-refractivity contribution is 6.08. The third-order valence-electron chi connectivity index (χ3n) is 6.24. The van der Waals surface area contributed by atoms with Gasteiger partial charge in [-0.1, -0.05) is 38.0 Å². The maximum absolute atomic E-state index is 13.0. The molecule has 3 amide bonds. The molecule has 2 heterocycles. The number of carbonyl (C=O) groups excluding carboxylic acids is 3. The van der Waals surface area contributed by atoms with Crippen molar-refractivity contribution in [2.24, 2.45) is 5.92 Å². The zero-order valence-corrected chi connectivity index (χ0v) is 18.6. The second kappa shape index (κ2) is 9.00. The Hall–Kier alpha value is -3.76. The molecule has 4 rings (SSSR count). The maximum Gasteiger partial charge on any atom is 0.326 e. The first-order chi connectivity index (χ1) is 15.8. The normalized spacial score (nSPS) is 22.4. The molecule has 174 valence electrons. The molecule has 0 bridgehead atoms. The van der Waals surface area contributed by atoms with Gasteiger partial charge in [-0.05, 0) is 37.3 Å². The molecule has 0 radical (unpaired) electrons. The average Bonchev–Trinajstić information content (AvgIpc) is 3.00. The Balaban J connectivity index is 1.38. The van der Waals surface area contributed by atoms with Crippen molar-refractivity contribution in [1.82, 2.24) is 25.2 Å². The van der Waals surface area contributed by atoms with E-state index in [0.717, 1.165) is 35.4 Å². The molecule has 1 saturated carbocycles. The number of hydrogen-bond acceptors (Lipinski definition) is 9. The fraction of sp³-hybridized carbons (Fsp3) is 0.455. The number of carbonyl (C=O) groups is 3. The van der Waals surface area contributed by atoms with Crippen molar-refractivity contribution in [2.45, 2.75) is 51.7 Å². The monoisotopic (exact) mass is 453 g/mol. The largest absolute Gasteiger partial charge is 0.456 e. The van der Waals surface area contributed by atoms with Gasteiger partial charge in [0.05, 0.1) is 0 Å². The molecule has 4 N–H and O–H groups in total. The highest BCUT2D eigenvalue weighted by Gasteiger charge is 2.55. The summed E-state index contributed by atoms with van der Waals surface area (Å²) in [6.07, 6.45) is 3.30. The highest BCUT2D eigenvalue weighted by Crippen LogP contribution is 2.38. The van der Waals surface area contributed by atoms with Gasteiger partial charge in [0, 0.05) is 5.69 Å². The number of nitrogens with zero attached hydrogens (tertiary/aromatic N) is 4. The summed E-state index contributed by atoms with van der Waals surface area (Å²) in [5.41, 5.74) is 6.64. The fourth-order valence-corrected chi connectivity index (χ4v) is 4.35. The van der Waals surface area contributed by atoms with Crippen molar-refractivity contribution < 1.29 is 19.1 Å².